The Hall–Kier alpha value is -3.18. The van der Waals surface area contributed by atoms with Crippen molar-refractivity contribution in [3.05, 3.63) is 48.8 Å². The Bertz CT molecular complexity index is 1210. The van der Waals surface area contributed by atoms with Crippen molar-refractivity contribution in [3.63, 3.8) is 0 Å². The lowest BCUT2D eigenvalue weighted by Gasteiger charge is -2.16. The molecule has 0 spiro atoms. The Morgan fingerprint density at radius 2 is 1.97 bits per heavy atom. The number of halogens is 1. The van der Waals surface area contributed by atoms with E-state index in [4.69, 9.17) is 14.5 Å². The average molecular weight is 470 g/mol. The predicted octanol–water partition coefficient (Wildman–Crippen LogP) is 4.00. The van der Waals surface area contributed by atoms with Crippen molar-refractivity contribution in [1.82, 2.24) is 34.7 Å². The lowest BCUT2D eigenvalue weighted by molar-refractivity contribution is 0.0895. The summed E-state index contributed by atoms with van der Waals surface area (Å²) in [5.41, 5.74) is 2.94. The summed E-state index contributed by atoms with van der Waals surface area (Å²) in [7, 11) is -1.15. The quantitative estimate of drug-likeness (QED) is 0.256. The molecule has 9 nitrogen and oxygen atoms in total. The number of ether oxygens (including phenoxy) is 2. The summed E-state index contributed by atoms with van der Waals surface area (Å²) >= 11 is 0. The van der Waals surface area contributed by atoms with E-state index in [1.165, 1.54) is 17.1 Å². The average Bonchev–Trinajstić information content (AvgIpc) is 3.41. The minimum atomic E-state index is -1.15. The van der Waals surface area contributed by atoms with Crippen molar-refractivity contribution in [2.75, 3.05) is 6.61 Å². The highest BCUT2D eigenvalue weighted by atomic mass is 28.3. The molecule has 11 heteroatoms. The van der Waals surface area contributed by atoms with Gasteiger partial charge in [0.15, 0.2) is 17.2 Å². The van der Waals surface area contributed by atoms with Gasteiger partial charge in [-0.3, -0.25) is 4.57 Å². The largest absolute Gasteiger partial charge is 0.486 e. The lowest BCUT2D eigenvalue weighted by Crippen LogP contribution is -2.22. The van der Waals surface area contributed by atoms with Gasteiger partial charge in [-0.05, 0) is 53.7 Å². The summed E-state index contributed by atoms with van der Waals surface area (Å²) in [5.74, 6) is -0.289. The van der Waals surface area contributed by atoms with Crippen molar-refractivity contribution in [1.29, 1.82) is 0 Å². The van der Waals surface area contributed by atoms with Gasteiger partial charge in [-0.15, -0.1) is 5.10 Å². The Kier molecular flexibility index (Phi) is 6.79. The highest BCUT2D eigenvalue weighted by Crippen LogP contribution is 2.27. The number of hydrogen-bond donors (Lipinski definition) is 0. The molecule has 0 amide bonds. The Balaban J connectivity index is 1.50. The third-order valence-corrected chi connectivity index (χ3v) is 6.78. The van der Waals surface area contributed by atoms with Crippen LogP contribution in [0.5, 0.6) is 5.75 Å². The first-order chi connectivity index (χ1) is 15.8. The van der Waals surface area contributed by atoms with E-state index in [9.17, 15) is 4.39 Å². The van der Waals surface area contributed by atoms with Crippen molar-refractivity contribution in [2.45, 2.75) is 52.0 Å². The first kappa shape index (κ1) is 23.0. The highest BCUT2D eigenvalue weighted by Gasteiger charge is 2.15. The van der Waals surface area contributed by atoms with Crippen LogP contribution in [0.2, 0.25) is 25.7 Å². The minimum absolute atomic E-state index is 0.151. The zero-order valence-corrected chi connectivity index (χ0v) is 20.3. The van der Waals surface area contributed by atoms with Crippen LogP contribution in [0.3, 0.4) is 0 Å². The van der Waals surface area contributed by atoms with E-state index in [1.807, 2.05) is 23.6 Å². The van der Waals surface area contributed by atoms with Crippen LogP contribution in [0.1, 0.15) is 6.92 Å². The maximum absolute atomic E-state index is 14.4. The van der Waals surface area contributed by atoms with Crippen LogP contribution < -0.4 is 4.74 Å². The molecular formula is C22H28FN7O2Si. The third-order valence-electron chi connectivity index (χ3n) is 5.08. The van der Waals surface area contributed by atoms with Crippen LogP contribution in [0.15, 0.2) is 43.0 Å². The standard InChI is InChI=1S/C22H28FN7O2Si/c1-16(12-30-14-25-27-28-30)32-21-11-17(5-6-18(21)23)19-7-8-20-22(26-19)29(13-24-20)15-31-9-10-33(2,3)4/h5-8,11,13-14,16H,9-10,12,15H2,1-4H3. The first-order valence-electron chi connectivity index (χ1n) is 10.9. The van der Waals surface area contributed by atoms with Crippen molar-refractivity contribution in [3.8, 4) is 17.0 Å². The molecule has 3 heterocycles. The first-order valence-corrected chi connectivity index (χ1v) is 14.6. The van der Waals surface area contributed by atoms with E-state index in [0.29, 0.717) is 19.0 Å². The molecule has 33 heavy (non-hydrogen) atoms. The molecule has 174 valence electrons. The topological polar surface area (TPSA) is 92.8 Å². The number of fused-ring (bicyclic) bond motifs is 1. The molecule has 1 atom stereocenters. The number of nitrogens with zero attached hydrogens (tertiary/aromatic N) is 7. The molecule has 1 unspecified atom stereocenters. The molecule has 4 aromatic rings. The van der Waals surface area contributed by atoms with Crippen LogP contribution >= 0.6 is 0 Å². The molecule has 0 aliphatic rings. The number of imidazole rings is 1. The molecule has 0 radical (unpaired) electrons. The van der Waals surface area contributed by atoms with E-state index in [-0.39, 0.29) is 11.9 Å². The van der Waals surface area contributed by atoms with Crippen LogP contribution in [-0.2, 0) is 18.0 Å². The van der Waals surface area contributed by atoms with Gasteiger partial charge in [0.05, 0.1) is 18.6 Å². The normalized spacial score (nSPS) is 12.9. The van der Waals surface area contributed by atoms with E-state index in [2.05, 4.69) is 40.2 Å². The molecule has 4 rings (SSSR count). The second-order valence-corrected chi connectivity index (χ2v) is 14.8. The number of aromatic nitrogens is 7. The summed E-state index contributed by atoms with van der Waals surface area (Å²) < 4.78 is 29.5. The zero-order valence-electron chi connectivity index (χ0n) is 19.3. The van der Waals surface area contributed by atoms with Crippen molar-refractivity contribution >= 4 is 19.2 Å². The SMILES string of the molecule is CC(Cn1cnnn1)Oc1cc(-c2ccc3ncn(COCC[Si](C)(C)C)c3n2)ccc1F. The highest BCUT2D eigenvalue weighted by molar-refractivity contribution is 6.76. The fourth-order valence-electron chi connectivity index (χ4n) is 3.27. The van der Waals surface area contributed by atoms with Crippen LogP contribution in [0, 0.1) is 5.82 Å². The summed E-state index contributed by atoms with van der Waals surface area (Å²) in [6, 6.07) is 9.60. The number of pyridine rings is 1. The van der Waals surface area contributed by atoms with Gasteiger partial charge in [-0.25, -0.2) is 19.0 Å². The third kappa shape index (κ3) is 5.99. The summed E-state index contributed by atoms with van der Waals surface area (Å²) in [4.78, 5) is 9.18. The monoisotopic (exact) mass is 469 g/mol. The summed E-state index contributed by atoms with van der Waals surface area (Å²) in [6.07, 6.45) is 2.89. The molecule has 0 fully saturated rings. The van der Waals surface area contributed by atoms with E-state index >= 15 is 0 Å². The van der Waals surface area contributed by atoms with Gasteiger partial charge < -0.3 is 9.47 Å². The molecule has 0 bridgehead atoms. The second-order valence-electron chi connectivity index (χ2n) is 9.21. The predicted molar refractivity (Wildman–Crippen MR) is 125 cm³/mol. The number of hydrogen-bond acceptors (Lipinski definition) is 7. The summed E-state index contributed by atoms with van der Waals surface area (Å²) in [5, 5.41) is 11.0. The van der Waals surface area contributed by atoms with Crippen molar-refractivity contribution < 1.29 is 13.9 Å². The number of benzene rings is 1. The molecule has 0 aliphatic carbocycles. The molecular weight excluding hydrogens is 441 g/mol. The molecule has 0 saturated heterocycles. The van der Waals surface area contributed by atoms with Crippen LogP contribution in [-0.4, -0.2) is 55.5 Å². The Labute approximate surface area is 192 Å². The lowest BCUT2D eigenvalue weighted by atomic mass is 10.1. The van der Waals surface area contributed by atoms with E-state index < -0.39 is 13.9 Å². The van der Waals surface area contributed by atoms with Gasteiger partial charge >= 0.3 is 0 Å². The maximum atomic E-state index is 14.4. The van der Waals surface area contributed by atoms with Crippen LogP contribution in [0.4, 0.5) is 4.39 Å². The molecule has 0 N–H and O–H groups in total. The molecule has 3 aromatic heterocycles. The second kappa shape index (κ2) is 9.75. The van der Waals surface area contributed by atoms with Gasteiger partial charge in [0.1, 0.15) is 24.7 Å². The molecule has 0 saturated carbocycles. The van der Waals surface area contributed by atoms with Crippen LogP contribution in [0.25, 0.3) is 22.4 Å². The minimum Gasteiger partial charge on any atom is -0.486 e. The van der Waals surface area contributed by atoms with Gasteiger partial charge in [0.25, 0.3) is 0 Å². The smallest absolute Gasteiger partial charge is 0.165 e. The van der Waals surface area contributed by atoms with E-state index in [0.717, 1.165) is 29.4 Å². The summed E-state index contributed by atoms with van der Waals surface area (Å²) in [6.45, 7) is 10.3. The number of rotatable bonds is 10. The molecule has 0 aliphatic heterocycles. The Morgan fingerprint density at radius 3 is 2.73 bits per heavy atom. The maximum Gasteiger partial charge on any atom is 0.165 e. The number of tetrazole rings is 1. The van der Waals surface area contributed by atoms with Gasteiger partial charge in [-0.2, -0.15) is 0 Å². The van der Waals surface area contributed by atoms with Gasteiger partial charge in [0, 0.05) is 20.2 Å². The fourth-order valence-corrected chi connectivity index (χ4v) is 4.03. The fraction of sp³-hybridized carbons (Fsp3) is 0.409. The van der Waals surface area contributed by atoms with Gasteiger partial charge in [0.2, 0.25) is 0 Å². The van der Waals surface area contributed by atoms with Gasteiger partial charge in [-0.1, -0.05) is 19.6 Å². The molecule has 1 aromatic carbocycles. The Morgan fingerprint density at radius 1 is 1.12 bits per heavy atom. The van der Waals surface area contributed by atoms with E-state index in [1.54, 1.807) is 18.5 Å². The zero-order chi connectivity index (χ0) is 23.4. The van der Waals surface area contributed by atoms with Crippen molar-refractivity contribution in [2.24, 2.45) is 0 Å².